The van der Waals surface area contributed by atoms with Gasteiger partial charge in [0.1, 0.15) is 25.1 Å². The molecule has 1 unspecified atom stereocenters. The number of rotatable bonds is 8. The molecule has 1 aliphatic heterocycles. The normalized spacial score (nSPS) is 15.8. The van der Waals surface area contributed by atoms with Crippen LogP contribution in [0.4, 0.5) is 13.2 Å². The van der Waals surface area contributed by atoms with Crippen molar-refractivity contribution in [2.75, 3.05) is 26.3 Å². The van der Waals surface area contributed by atoms with Gasteiger partial charge in [0.25, 0.3) is 0 Å². The first-order valence-corrected chi connectivity index (χ1v) is 11.2. The Balaban J connectivity index is 1.34. The van der Waals surface area contributed by atoms with E-state index in [1.54, 1.807) is 42.3 Å². The molecule has 2 aromatic carbocycles. The third-order valence-corrected chi connectivity index (χ3v) is 5.63. The number of aromatic nitrogens is 2. The SMILES string of the molecule is CCC(=O)c1cc(F)c(OCC2CN(C(=O)Cn3ccc(-c4ccccc4F)n3)CCO2)c(F)c1. The molecular weight excluding hydrogens is 463 g/mol. The summed E-state index contributed by atoms with van der Waals surface area (Å²) in [6.07, 6.45) is 1.12. The van der Waals surface area contributed by atoms with Crippen LogP contribution < -0.4 is 4.74 Å². The fourth-order valence-electron chi connectivity index (χ4n) is 3.79. The van der Waals surface area contributed by atoms with Crippen molar-refractivity contribution in [1.82, 2.24) is 14.7 Å². The van der Waals surface area contributed by atoms with Gasteiger partial charge in [-0.3, -0.25) is 14.3 Å². The van der Waals surface area contributed by atoms with Crippen LogP contribution in [0.3, 0.4) is 0 Å². The number of ether oxygens (including phenoxy) is 2. The molecule has 1 aliphatic rings. The van der Waals surface area contributed by atoms with Gasteiger partial charge in [0.05, 0.1) is 18.8 Å². The summed E-state index contributed by atoms with van der Waals surface area (Å²) in [5.41, 5.74) is 0.700. The van der Waals surface area contributed by atoms with Crippen molar-refractivity contribution in [1.29, 1.82) is 0 Å². The van der Waals surface area contributed by atoms with E-state index in [9.17, 15) is 22.8 Å². The molecule has 1 aromatic heterocycles. The van der Waals surface area contributed by atoms with Crippen LogP contribution in [0.2, 0.25) is 0 Å². The highest BCUT2D eigenvalue weighted by Gasteiger charge is 2.26. The van der Waals surface area contributed by atoms with Gasteiger partial charge in [-0.15, -0.1) is 0 Å². The van der Waals surface area contributed by atoms with Crippen molar-refractivity contribution >= 4 is 11.7 Å². The molecule has 0 spiro atoms. The van der Waals surface area contributed by atoms with Crippen molar-refractivity contribution in [2.45, 2.75) is 26.0 Å². The van der Waals surface area contributed by atoms with Crippen molar-refractivity contribution in [3.05, 3.63) is 71.7 Å². The van der Waals surface area contributed by atoms with Crippen molar-refractivity contribution in [2.24, 2.45) is 0 Å². The zero-order valence-electron chi connectivity index (χ0n) is 19.0. The Morgan fingerprint density at radius 1 is 1.11 bits per heavy atom. The van der Waals surface area contributed by atoms with Gasteiger partial charge in [-0.05, 0) is 30.3 Å². The minimum Gasteiger partial charge on any atom is -0.485 e. The molecule has 2 heterocycles. The highest BCUT2D eigenvalue weighted by molar-refractivity contribution is 5.96. The zero-order valence-corrected chi connectivity index (χ0v) is 19.0. The minimum atomic E-state index is -0.977. The molecule has 0 bridgehead atoms. The standard InChI is InChI=1S/C25H24F3N3O4/c1-2-23(32)16-11-20(27)25(21(28)12-16)35-15-17-13-30(9-10-34-17)24(33)14-31-8-7-22(29-31)18-5-3-4-6-19(18)26/h3-8,11-12,17H,2,9-10,13-15H2,1H3. The second kappa shape index (κ2) is 10.7. The summed E-state index contributed by atoms with van der Waals surface area (Å²) in [7, 11) is 0. The van der Waals surface area contributed by atoms with E-state index >= 15 is 0 Å². The van der Waals surface area contributed by atoms with Gasteiger partial charge in [0.2, 0.25) is 5.91 Å². The van der Waals surface area contributed by atoms with E-state index in [0.29, 0.717) is 17.8 Å². The zero-order chi connectivity index (χ0) is 24.9. The first-order chi connectivity index (χ1) is 16.9. The number of hydrogen-bond acceptors (Lipinski definition) is 5. The number of hydrogen-bond donors (Lipinski definition) is 0. The number of benzene rings is 2. The average molecular weight is 487 g/mol. The maximum Gasteiger partial charge on any atom is 0.244 e. The maximum atomic E-state index is 14.3. The van der Waals surface area contributed by atoms with Gasteiger partial charge < -0.3 is 14.4 Å². The van der Waals surface area contributed by atoms with Crippen LogP contribution in [-0.2, 0) is 16.1 Å². The lowest BCUT2D eigenvalue weighted by Crippen LogP contribution is -2.48. The van der Waals surface area contributed by atoms with Gasteiger partial charge in [-0.1, -0.05) is 19.1 Å². The number of ketones is 1. The molecule has 1 amide bonds. The molecule has 10 heteroatoms. The maximum absolute atomic E-state index is 14.3. The first-order valence-electron chi connectivity index (χ1n) is 11.2. The predicted octanol–water partition coefficient (Wildman–Crippen LogP) is 3.87. The molecule has 1 fully saturated rings. The van der Waals surface area contributed by atoms with Gasteiger partial charge in [0, 0.05) is 30.3 Å². The monoisotopic (exact) mass is 487 g/mol. The van der Waals surface area contributed by atoms with E-state index in [2.05, 4.69) is 5.10 Å². The molecule has 0 N–H and O–H groups in total. The molecular formula is C25H24F3N3O4. The summed E-state index contributed by atoms with van der Waals surface area (Å²) >= 11 is 0. The summed E-state index contributed by atoms with van der Waals surface area (Å²) in [4.78, 5) is 26.0. The lowest BCUT2D eigenvalue weighted by atomic mass is 10.1. The highest BCUT2D eigenvalue weighted by atomic mass is 19.1. The van der Waals surface area contributed by atoms with Crippen LogP contribution in [0, 0.1) is 17.5 Å². The number of nitrogens with zero attached hydrogens (tertiary/aromatic N) is 3. The predicted molar refractivity (Wildman–Crippen MR) is 120 cm³/mol. The first kappa shape index (κ1) is 24.5. The third-order valence-electron chi connectivity index (χ3n) is 5.63. The van der Waals surface area contributed by atoms with Crippen LogP contribution in [0.15, 0.2) is 48.7 Å². The summed E-state index contributed by atoms with van der Waals surface area (Å²) in [5.74, 6) is -3.56. The van der Waals surface area contributed by atoms with E-state index in [1.807, 2.05) is 0 Å². The molecule has 0 aliphatic carbocycles. The van der Waals surface area contributed by atoms with E-state index in [-0.39, 0.29) is 50.0 Å². The molecule has 4 rings (SSSR count). The van der Waals surface area contributed by atoms with E-state index in [4.69, 9.17) is 9.47 Å². The number of amides is 1. The van der Waals surface area contributed by atoms with Gasteiger partial charge in [-0.2, -0.15) is 5.10 Å². The fourth-order valence-corrected chi connectivity index (χ4v) is 3.79. The van der Waals surface area contributed by atoms with Crippen LogP contribution in [0.25, 0.3) is 11.3 Å². The summed E-state index contributed by atoms with van der Waals surface area (Å²) in [6.45, 7) is 2.10. The van der Waals surface area contributed by atoms with Crippen LogP contribution in [0.1, 0.15) is 23.7 Å². The highest BCUT2D eigenvalue weighted by Crippen LogP contribution is 2.25. The molecule has 3 aromatic rings. The smallest absolute Gasteiger partial charge is 0.244 e. The Hall–Kier alpha value is -3.66. The quantitative estimate of drug-likeness (QED) is 0.451. The summed E-state index contributed by atoms with van der Waals surface area (Å²) in [6, 6.07) is 9.76. The Labute approximate surface area is 200 Å². The number of carbonyl (C=O) groups excluding carboxylic acids is 2. The summed E-state index contributed by atoms with van der Waals surface area (Å²) < 4.78 is 54.9. The van der Waals surface area contributed by atoms with Gasteiger partial charge >= 0.3 is 0 Å². The van der Waals surface area contributed by atoms with Crippen molar-refractivity contribution in [3.8, 4) is 17.0 Å². The average Bonchev–Trinajstić information content (AvgIpc) is 3.31. The van der Waals surface area contributed by atoms with Gasteiger partial charge in [-0.25, -0.2) is 13.2 Å². The van der Waals surface area contributed by atoms with E-state index in [0.717, 1.165) is 12.1 Å². The Morgan fingerprint density at radius 3 is 2.57 bits per heavy atom. The minimum absolute atomic E-state index is 0.0573. The molecule has 35 heavy (non-hydrogen) atoms. The van der Waals surface area contributed by atoms with E-state index in [1.165, 1.54) is 10.7 Å². The number of Topliss-reactive ketones (excluding diaryl/α,β-unsaturated/α-hetero) is 1. The molecule has 0 saturated carbocycles. The van der Waals surface area contributed by atoms with Crippen molar-refractivity contribution < 1.29 is 32.2 Å². The molecule has 184 valence electrons. The number of carbonyl (C=O) groups is 2. The van der Waals surface area contributed by atoms with Crippen molar-refractivity contribution in [3.63, 3.8) is 0 Å². The second-order valence-electron chi connectivity index (χ2n) is 8.07. The number of morpholine rings is 1. The largest absolute Gasteiger partial charge is 0.485 e. The topological polar surface area (TPSA) is 73.7 Å². The molecule has 1 saturated heterocycles. The summed E-state index contributed by atoms with van der Waals surface area (Å²) in [5, 5.41) is 4.28. The van der Waals surface area contributed by atoms with Crippen LogP contribution in [-0.4, -0.2) is 58.8 Å². The Morgan fingerprint density at radius 2 is 1.86 bits per heavy atom. The van der Waals surface area contributed by atoms with Gasteiger partial charge in [0.15, 0.2) is 23.2 Å². The molecule has 7 nitrogen and oxygen atoms in total. The lowest BCUT2D eigenvalue weighted by Gasteiger charge is -2.32. The second-order valence-corrected chi connectivity index (χ2v) is 8.07. The Kier molecular flexibility index (Phi) is 7.50. The third kappa shape index (κ3) is 5.71. The fraction of sp³-hybridized carbons (Fsp3) is 0.320. The lowest BCUT2D eigenvalue weighted by molar-refractivity contribution is -0.140. The van der Waals surface area contributed by atoms with Crippen LogP contribution >= 0.6 is 0 Å². The molecule has 0 radical (unpaired) electrons. The van der Waals surface area contributed by atoms with Crippen LogP contribution in [0.5, 0.6) is 5.75 Å². The molecule has 1 atom stereocenters. The van der Waals surface area contributed by atoms with E-state index < -0.39 is 29.3 Å². The number of halogens is 3. The Bertz CT molecular complexity index is 1210.